The van der Waals surface area contributed by atoms with E-state index in [1.807, 2.05) is 0 Å². The van der Waals surface area contributed by atoms with Gasteiger partial charge in [0.2, 0.25) is 0 Å². The summed E-state index contributed by atoms with van der Waals surface area (Å²) in [6.07, 6.45) is -11.3. The molecule has 3 fully saturated rings. The van der Waals surface area contributed by atoms with Crippen LogP contribution < -0.4 is 11.1 Å². The molecule has 3 aliphatic carbocycles. The van der Waals surface area contributed by atoms with Gasteiger partial charge in [0.25, 0.3) is 5.91 Å². The highest BCUT2D eigenvalue weighted by Gasteiger charge is 2.79. The second kappa shape index (κ2) is 20.1. The number of rotatable bonds is 15. The number of amides is 1. The molecule has 2 unspecified atom stereocenters. The molecular weight excluding hydrogens is 909 g/mol. The van der Waals surface area contributed by atoms with E-state index in [9.17, 15) is 48.9 Å². The largest absolute Gasteiger partial charge is 0.480 e. The maximum atomic E-state index is 14.6. The van der Waals surface area contributed by atoms with E-state index in [2.05, 4.69) is 5.32 Å². The van der Waals surface area contributed by atoms with Crippen LogP contribution in [0.15, 0.2) is 102 Å². The van der Waals surface area contributed by atoms with Gasteiger partial charge < -0.3 is 54.8 Å². The Kier molecular flexibility index (Phi) is 14.8. The van der Waals surface area contributed by atoms with Crippen molar-refractivity contribution >= 4 is 41.7 Å². The molecule has 6 N–H and O–H groups in total. The first-order valence-corrected chi connectivity index (χ1v) is 23.2. The van der Waals surface area contributed by atoms with E-state index in [-0.39, 0.29) is 36.2 Å². The molecule has 2 bridgehead atoms. The quantitative estimate of drug-likeness (QED) is 0.0807. The van der Waals surface area contributed by atoms with Gasteiger partial charge in [-0.1, -0.05) is 87.5 Å². The first kappa shape index (κ1) is 51.4. The van der Waals surface area contributed by atoms with Crippen LogP contribution in [0.1, 0.15) is 106 Å². The smallest absolute Gasteiger partial charge is 0.338 e. The minimum Gasteiger partial charge on any atom is -0.480 e. The maximum absolute atomic E-state index is 14.6. The number of aliphatic carboxylic acids is 1. The van der Waals surface area contributed by atoms with Crippen molar-refractivity contribution in [3.8, 4) is 0 Å². The zero-order chi connectivity index (χ0) is 50.9. The number of hydrogen-bond donors (Lipinski definition) is 5. The maximum Gasteiger partial charge on any atom is 0.338 e. The van der Waals surface area contributed by atoms with Crippen LogP contribution in [0.5, 0.6) is 0 Å². The van der Waals surface area contributed by atoms with E-state index < -0.39 is 138 Å². The molecule has 70 heavy (non-hydrogen) atoms. The van der Waals surface area contributed by atoms with Crippen LogP contribution in [0.3, 0.4) is 0 Å². The monoisotopic (exact) mass is 968 g/mol. The van der Waals surface area contributed by atoms with E-state index in [0.717, 1.165) is 13.8 Å². The predicted octanol–water partition coefficient (Wildman–Crippen LogP) is 4.30. The van der Waals surface area contributed by atoms with Gasteiger partial charge in [-0.05, 0) is 54.3 Å². The summed E-state index contributed by atoms with van der Waals surface area (Å²) in [7, 11) is 0. The lowest BCUT2D eigenvalue weighted by Gasteiger charge is -2.69. The van der Waals surface area contributed by atoms with E-state index in [1.165, 1.54) is 19.1 Å². The number of nitrogens with one attached hydrogen (secondary N) is 1. The molecule has 1 heterocycles. The van der Waals surface area contributed by atoms with Gasteiger partial charge in [0.05, 0.1) is 30.6 Å². The van der Waals surface area contributed by atoms with Crippen LogP contribution in [0, 0.1) is 16.7 Å². The van der Waals surface area contributed by atoms with Crippen molar-refractivity contribution in [2.75, 3.05) is 6.61 Å². The number of carbonyl (C=O) groups excluding carboxylic acids is 6. The second-order valence-corrected chi connectivity index (χ2v) is 19.4. The lowest BCUT2D eigenvalue weighted by Crippen LogP contribution is -2.82. The van der Waals surface area contributed by atoms with Crippen molar-refractivity contribution in [2.24, 2.45) is 22.5 Å². The number of benzene rings is 3. The number of ether oxygens (including phenoxy) is 6. The third-order valence-corrected chi connectivity index (χ3v) is 14.8. The first-order valence-electron chi connectivity index (χ1n) is 23.2. The number of aliphatic hydroxyl groups excluding tert-OH is 1. The molecule has 0 radical (unpaired) electrons. The minimum absolute atomic E-state index is 0.0535. The van der Waals surface area contributed by atoms with Gasteiger partial charge in [-0.3, -0.25) is 28.8 Å². The van der Waals surface area contributed by atoms with Gasteiger partial charge in [0.15, 0.2) is 11.7 Å². The Bertz CT molecular complexity index is 2520. The summed E-state index contributed by atoms with van der Waals surface area (Å²) in [4.78, 5) is 94.5. The Balaban J connectivity index is 1.39. The summed E-state index contributed by atoms with van der Waals surface area (Å²) in [6, 6.07) is 22.7. The summed E-state index contributed by atoms with van der Waals surface area (Å²) in [5.74, 6) is -7.74. The molecular formula is C52H60N2O16. The average Bonchev–Trinajstić information content (AvgIpc) is 3.31. The summed E-state index contributed by atoms with van der Waals surface area (Å²) in [5.41, 5.74) is -0.789. The summed E-state index contributed by atoms with van der Waals surface area (Å²) >= 11 is 0. The average molecular weight is 969 g/mol. The molecule has 12 atom stereocenters. The molecule has 7 rings (SSSR count). The van der Waals surface area contributed by atoms with Gasteiger partial charge in [-0.2, -0.15) is 0 Å². The van der Waals surface area contributed by atoms with Crippen LogP contribution >= 0.6 is 0 Å². The fourth-order valence-electron chi connectivity index (χ4n) is 11.2. The molecule has 1 saturated heterocycles. The minimum atomic E-state index is -2.39. The van der Waals surface area contributed by atoms with E-state index in [0.29, 0.717) is 11.1 Å². The molecule has 0 spiro atoms. The highest BCUT2D eigenvalue weighted by molar-refractivity contribution is 5.94. The van der Waals surface area contributed by atoms with Crippen molar-refractivity contribution in [3.63, 3.8) is 0 Å². The molecule has 0 aromatic heterocycles. The van der Waals surface area contributed by atoms with Crippen molar-refractivity contribution in [1.82, 2.24) is 5.32 Å². The highest BCUT2D eigenvalue weighted by Crippen LogP contribution is 2.66. The molecule has 374 valence electrons. The van der Waals surface area contributed by atoms with E-state index in [1.54, 1.807) is 99.6 Å². The molecule has 4 aliphatic rings. The van der Waals surface area contributed by atoms with Gasteiger partial charge in [-0.25, -0.2) is 4.79 Å². The first-order chi connectivity index (χ1) is 33.0. The Hall–Kier alpha value is -6.47. The number of esters is 5. The molecule has 3 aromatic carbocycles. The zero-order valence-corrected chi connectivity index (χ0v) is 39.8. The lowest BCUT2D eigenvalue weighted by atomic mass is 9.44. The van der Waals surface area contributed by atoms with Crippen LogP contribution in [0.4, 0.5) is 0 Å². The standard InChI is InChI=1S/C52H60N2O16/c1-28-36(67-40(58)24-35(31-16-10-7-11-17-31)54-46(60)32-18-12-8-13-19-32)26-52(64)45(69-48(63)33-20-14-9-15-21-33)43-50(6,44(59)42(66-29(2)55)41(28)49(52,4)5)37(68-39(57)23-22-34(53)47(61)62)25-38-51(43,27-65-38)70-30(3)56/h7-21,34-38,42-45,59,64H,22-27,53H2,1-6H3,(H,54,60)(H,61,62)/t34?,35-,36+,37+,38-,42-,43+,44?,45+,50-,51+,52-/m1/s1. The molecule has 1 amide bonds. The molecule has 2 saturated carbocycles. The Morgan fingerprint density at radius 3 is 1.97 bits per heavy atom. The summed E-state index contributed by atoms with van der Waals surface area (Å²) in [6.45, 7) is 8.19. The fourth-order valence-corrected chi connectivity index (χ4v) is 11.2. The van der Waals surface area contributed by atoms with Crippen molar-refractivity contribution in [1.29, 1.82) is 0 Å². The highest BCUT2D eigenvalue weighted by atomic mass is 16.6. The van der Waals surface area contributed by atoms with Crippen molar-refractivity contribution in [2.45, 2.75) is 134 Å². The lowest BCUT2D eigenvalue weighted by molar-refractivity contribution is -0.365. The van der Waals surface area contributed by atoms with Gasteiger partial charge >= 0.3 is 35.8 Å². The second-order valence-electron chi connectivity index (χ2n) is 19.4. The van der Waals surface area contributed by atoms with E-state index >= 15 is 0 Å². The van der Waals surface area contributed by atoms with Crippen LogP contribution in [0.2, 0.25) is 0 Å². The number of fused-ring (bicyclic) bond motifs is 5. The van der Waals surface area contributed by atoms with Crippen molar-refractivity contribution in [3.05, 3.63) is 119 Å². The van der Waals surface area contributed by atoms with Crippen LogP contribution in [-0.4, -0.2) is 118 Å². The summed E-state index contributed by atoms with van der Waals surface area (Å²) < 4.78 is 37.4. The number of carboxylic acids is 1. The zero-order valence-electron chi connectivity index (χ0n) is 39.8. The van der Waals surface area contributed by atoms with Gasteiger partial charge in [0.1, 0.15) is 42.2 Å². The fraction of sp³-hybridized carbons (Fsp3) is 0.481. The van der Waals surface area contributed by atoms with Gasteiger partial charge in [-0.15, -0.1) is 0 Å². The Morgan fingerprint density at radius 1 is 0.814 bits per heavy atom. The third-order valence-electron chi connectivity index (χ3n) is 14.8. The topological polar surface area (TPSA) is 274 Å². The Labute approximate surface area is 404 Å². The van der Waals surface area contributed by atoms with Crippen molar-refractivity contribution < 1.29 is 77.3 Å². The molecule has 18 heteroatoms. The number of nitrogens with two attached hydrogens (primary N) is 1. The molecule has 3 aromatic rings. The number of aliphatic hydroxyl groups is 2. The molecule has 18 nitrogen and oxygen atoms in total. The third kappa shape index (κ3) is 9.56. The van der Waals surface area contributed by atoms with E-state index in [4.69, 9.17) is 34.2 Å². The normalized spacial score (nSPS) is 30.4. The number of carboxylic acid groups (broad SMARTS) is 1. The van der Waals surface area contributed by atoms with Crippen LogP contribution in [0.25, 0.3) is 0 Å². The number of carbonyl (C=O) groups is 7. The summed E-state index contributed by atoms with van der Waals surface area (Å²) in [5, 5.41) is 39.6. The number of hydrogen-bond acceptors (Lipinski definition) is 16. The van der Waals surface area contributed by atoms with Gasteiger partial charge in [0, 0.05) is 49.5 Å². The predicted molar refractivity (Wildman–Crippen MR) is 246 cm³/mol. The molecule has 1 aliphatic heterocycles. The SMILES string of the molecule is CC(=O)O[C@@H]1C2=C(C)[C@@H](OC(=O)C[C@@H](NC(=O)c3ccccc3)c3ccccc3)C[C@@](O)([C@@H](OC(=O)c3ccccc3)[C@@H]3[C@]4(OC(C)=O)CO[C@@H]4C[C@H](OC(=O)CCC(N)C(=O)O)[C@@]3(C)C1O)C2(C)C. The Morgan fingerprint density at radius 2 is 1.41 bits per heavy atom. The van der Waals surface area contributed by atoms with Crippen LogP contribution in [-0.2, 0) is 52.4 Å².